The fourth-order valence-electron chi connectivity index (χ4n) is 3.62. The van der Waals surface area contributed by atoms with Crippen LogP contribution in [0, 0.1) is 0 Å². The van der Waals surface area contributed by atoms with Crippen molar-refractivity contribution >= 4 is 23.1 Å². The lowest BCUT2D eigenvalue weighted by Crippen LogP contribution is -2.38. The van der Waals surface area contributed by atoms with Gasteiger partial charge in [-0.3, -0.25) is 0 Å². The Hall–Kier alpha value is -2.71. The van der Waals surface area contributed by atoms with Gasteiger partial charge in [0.1, 0.15) is 50.4 Å². The van der Waals surface area contributed by atoms with E-state index in [9.17, 15) is 4.57 Å². The molecule has 110 valence electrons. The van der Waals surface area contributed by atoms with Crippen LogP contribution in [0.25, 0.3) is 0 Å². The van der Waals surface area contributed by atoms with Gasteiger partial charge in [-0.1, -0.05) is 18.2 Å². The van der Waals surface area contributed by atoms with E-state index in [1.54, 1.807) is 0 Å². The third-order valence-electron chi connectivity index (χ3n) is 4.49. The van der Waals surface area contributed by atoms with E-state index in [4.69, 9.17) is 14.2 Å². The van der Waals surface area contributed by atoms with Gasteiger partial charge in [-0.05, 0) is 36.4 Å². The van der Waals surface area contributed by atoms with Crippen molar-refractivity contribution in [1.29, 1.82) is 0 Å². The Bertz CT molecular complexity index is 889. The van der Waals surface area contributed by atoms with E-state index in [2.05, 4.69) is 0 Å². The van der Waals surface area contributed by atoms with Crippen LogP contribution in [0.15, 0.2) is 54.6 Å². The topological polar surface area (TPSA) is 44.8 Å². The van der Waals surface area contributed by atoms with E-state index in [0.717, 1.165) is 0 Å². The molecule has 0 fully saturated rings. The molecule has 0 atom stereocenters. The average Bonchev–Trinajstić information content (AvgIpc) is 2.54. The van der Waals surface area contributed by atoms with Gasteiger partial charge < -0.3 is 18.8 Å². The Labute approximate surface area is 131 Å². The number of hydrogen-bond acceptors (Lipinski definition) is 4. The van der Waals surface area contributed by atoms with E-state index >= 15 is 0 Å². The molecule has 4 nitrogen and oxygen atoms in total. The largest absolute Gasteiger partial charge is 0.455 e. The molecule has 0 aromatic heterocycles. The Morgan fingerprint density at radius 2 is 0.783 bits per heavy atom. The third-order valence-corrected chi connectivity index (χ3v) is 7.70. The smallest absolute Gasteiger partial charge is 0.193 e. The van der Waals surface area contributed by atoms with E-state index < -0.39 is 7.14 Å². The zero-order valence-corrected chi connectivity index (χ0v) is 12.7. The molecule has 0 aliphatic carbocycles. The Balaban J connectivity index is 1.88. The van der Waals surface area contributed by atoms with Gasteiger partial charge in [-0.2, -0.15) is 0 Å². The summed E-state index contributed by atoms with van der Waals surface area (Å²) in [6.45, 7) is 0. The van der Waals surface area contributed by atoms with Gasteiger partial charge in [-0.15, -0.1) is 0 Å². The predicted molar refractivity (Wildman–Crippen MR) is 86.1 cm³/mol. The normalized spacial score (nSPS) is 16.5. The molecule has 6 rings (SSSR count). The van der Waals surface area contributed by atoms with Crippen LogP contribution in [0.4, 0.5) is 0 Å². The fraction of sp³-hybridized carbons (Fsp3) is 0. The number of hydrogen-bond donors (Lipinski definition) is 0. The minimum atomic E-state index is -3.06. The molecule has 0 radical (unpaired) electrons. The van der Waals surface area contributed by atoms with Gasteiger partial charge in [0, 0.05) is 0 Å². The van der Waals surface area contributed by atoms with Gasteiger partial charge in [0.15, 0.2) is 7.14 Å². The zero-order chi connectivity index (χ0) is 15.2. The molecule has 0 unspecified atom stereocenters. The highest BCUT2D eigenvalue weighted by molar-refractivity contribution is 7.86. The maximum absolute atomic E-state index is 14.4. The van der Waals surface area contributed by atoms with Crippen molar-refractivity contribution in [3.8, 4) is 34.5 Å². The molecular weight excluding hydrogens is 311 g/mol. The number of ether oxygens (including phenoxy) is 3. The predicted octanol–water partition coefficient (Wildman–Crippen LogP) is 3.64. The second kappa shape index (κ2) is 3.61. The molecule has 3 heterocycles. The summed E-state index contributed by atoms with van der Waals surface area (Å²) in [5.74, 6) is 3.57. The second-order valence-electron chi connectivity index (χ2n) is 5.72. The summed E-state index contributed by atoms with van der Waals surface area (Å²) in [6, 6.07) is 16.6. The van der Waals surface area contributed by atoms with Gasteiger partial charge in [0.05, 0.1) is 0 Å². The standard InChI is InChI=1S/C18H9O4P/c19-23-16-10-4-1-5-11(16)21-13-7-3-9-15(18(13)23)22-14-8-2-6-12(20-10)17(14)23/h1-9H. The van der Waals surface area contributed by atoms with Crippen molar-refractivity contribution in [2.45, 2.75) is 0 Å². The summed E-state index contributed by atoms with van der Waals surface area (Å²) >= 11 is 0. The molecule has 0 saturated carbocycles. The molecule has 23 heavy (non-hydrogen) atoms. The maximum atomic E-state index is 14.4. The Morgan fingerprint density at radius 1 is 0.522 bits per heavy atom. The first-order valence-corrected chi connectivity index (χ1v) is 9.02. The van der Waals surface area contributed by atoms with E-state index in [-0.39, 0.29) is 0 Å². The molecule has 0 spiro atoms. The van der Waals surface area contributed by atoms with Crippen LogP contribution >= 0.6 is 7.14 Å². The highest BCUT2D eigenvalue weighted by Crippen LogP contribution is 2.63. The Morgan fingerprint density at radius 3 is 1.04 bits per heavy atom. The van der Waals surface area contributed by atoms with Crippen molar-refractivity contribution in [2.75, 3.05) is 0 Å². The third kappa shape index (κ3) is 1.20. The van der Waals surface area contributed by atoms with Crippen LogP contribution in [0.1, 0.15) is 0 Å². The summed E-state index contributed by atoms with van der Waals surface area (Å²) < 4.78 is 32.3. The monoisotopic (exact) mass is 320 g/mol. The van der Waals surface area contributed by atoms with Gasteiger partial charge >= 0.3 is 0 Å². The summed E-state index contributed by atoms with van der Waals surface area (Å²) in [5.41, 5.74) is 0. The lowest BCUT2D eigenvalue weighted by Gasteiger charge is -2.38. The van der Waals surface area contributed by atoms with Crippen molar-refractivity contribution in [3.05, 3.63) is 54.6 Å². The van der Waals surface area contributed by atoms with Crippen LogP contribution in [0.2, 0.25) is 0 Å². The van der Waals surface area contributed by atoms with Crippen molar-refractivity contribution in [1.82, 2.24) is 0 Å². The summed E-state index contributed by atoms with van der Waals surface area (Å²) in [7, 11) is -3.06. The molecule has 0 N–H and O–H groups in total. The second-order valence-corrected chi connectivity index (χ2v) is 8.28. The highest BCUT2D eigenvalue weighted by Gasteiger charge is 2.51. The molecule has 0 bridgehead atoms. The van der Waals surface area contributed by atoms with Crippen LogP contribution in [-0.2, 0) is 4.57 Å². The molecule has 5 heteroatoms. The van der Waals surface area contributed by atoms with E-state index in [1.165, 1.54) is 0 Å². The zero-order valence-electron chi connectivity index (χ0n) is 11.8. The number of benzene rings is 3. The number of rotatable bonds is 0. The maximum Gasteiger partial charge on any atom is 0.193 e. The quantitative estimate of drug-likeness (QED) is 0.401. The van der Waals surface area contributed by atoms with Crippen molar-refractivity contribution in [3.63, 3.8) is 0 Å². The highest BCUT2D eigenvalue weighted by atomic mass is 31.2. The van der Waals surface area contributed by atoms with Crippen LogP contribution in [0.3, 0.4) is 0 Å². The molecule has 3 aliphatic rings. The van der Waals surface area contributed by atoms with Crippen LogP contribution in [-0.4, -0.2) is 0 Å². The Kier molecular flexibility index (Phi) is 1.85. The summed E-state index contributed by atoms with van der Waals surface area (Å²) in [4.78, 5) is 0. The van der Waals surface area contributed by atoms with Gasteiger partial charge in [0.2, 0.25) is 0 Å². The van der Waals surface area contributed by atoms with E-state index in [0.29, 0.717) is 50.4 Å². The first-order valence-electron chi connectivity index (χ1n) is 7.31. The minimum absolute atomic E-state index is 0.595. The van der Waals surface area contributed by atoms with Crippen LogP contribution < -0.4 is 30.1 Å². The molecule has 3 aromatic carbocycles. The van der Waals surface area contributed by atoms with Crippen molar-refractivity contribution in [2.24, 2.45) is 0 Å². The minimum Gasteiger partial charge on any atom is -0.455 e. The SMILES string of the molecule is O=P12c3c4cccc3Oc3cccc(c31)Oc1cccc(c12)O4. The lowest BCUT2D eigenvalue weighted by atomic mass is 10.2. The molecular formula is C18H9O4P. The first kappa shape index (κ1) is 11.8. The molecule has 0 amide bonds. The van der Waals surface area contributed by atoms with E-state index in [1.807, 2.05) is 54.6 Å². The summed E-state index contributed by atoms with van der Waals surface area (Å²) in [5, 5.41) is 1.93. The average molecular weight is 320 g/mol. The van der Waals surface area contributed by atoms with Crippen molar-refractivity contribution < 1.29 is 18.8 Å². The van der Waals surface area contributed by atoms with Crippen LogP contribution in [0.5, 0.6) is 34.5 Å². The molecule has 3 aliphatic heterocycles. The van der Waals surface area contributed by atoms with Gasteiger partial charge in [0.25, 0.3) is 0 Å². The molecule has 0 saturated heterocycles. The molecule has 3 aromatic rings. The first-order chi connectivity index (χ1) is 11.3. The lowest BCUT2D eigenvalue weighted by molar-refractivity contribution is 0.440. The summed E-state index contributed by atoms with van der Waals surface area (Å²) in [6.07, 6.45) is 0. The fourth-order valence-corrected chi connectivity index (χ4v) is 6.88. The van der Waals surface area contributed by atoms with Gasteiger partial charge in [-0.25, -0.2) is 0 Å².